The van der Waals surface area contributed by atoms with E-state index < -0.39 is 5.97 Å². The fraction of sp³-hybridized carbons (Fsp3) is 0.353. The number of halogens is 1. The molecule has 1 heterocycles. The topological polar surface area (TPSA) is 104 Å². The number of anilines is 1. The summed E-state index contributed by atoms with van der Waals surface area (Å²) in [6.07, 6.45) is 2.44. The lowest BCUT2D eigenvalue weighted by atomic mass is 9.86. The number of aliphatic carboxylic acids is 1. The van der Waals surface area contributed by atoms with Gasteiger partial charge in [-0.15, -0.1) is 0 Å². The standard InChI is InChI=1S/C17H18ClN3O4/c18-12-3-1-2-11(8-12)14-9-15(21-25-14)20-17(24)19-13-6-4-10(5-7-13)16(22)23/h1-3,8-10,13H,4-7H2,(H,22,23)(H2,19,20,21,24). The molecule has 0 radical (unpaired) electrons. The number of aromatic nitrogens is 1. The van der Waals surface area contributed by atoms with Crippen LogP contribution in [-0.4, -0.2) is 28.3 Å². The van der Waals surface area contributed by atoms with Gasteiger partial charge in [-0.05, 0) is 37.8 Å². The average molecular weight is 364 g/mol. The number of carboxylic acid groups (broad SMARTS) is 1. The Kier molecular flexibility index (Phi) is 5.23. The monoisotopic (exact) mass is 363 g/mol. The van der Waals surface area contributed by atoms with E-state index in [1.165, 1.54) is 0 Å². The number of carbonyl (C=O) groups excluding carboxylic acids is 1. The first kappa shape index (κ1) is 17.3. The molecule has 0 spiro atoms. The number of nitrogens with zero attached hydrogens (tertiary/aromatic N) is 1. The van der Waals surface area contributed by atoms with Gasteiger partial charge in [-0.2, -0.15) is 0 Å². The summed E-state index contributed by atoms with van der Waals surface area (Å²) >= 11 is 5.95. The molecule has 0 bridgehead atoms. The van der Waals surface area contributed by atoms with Gasteiger partial charge in [-0.3, -0.25) is 10.1 Å². The highest BCUT2D eigenvalue weighted by Crippen LogP contribution is 2.26. The Morgan fingerprint density at radius 2 is 1.96 bits per heavy atom. The van der Waals surface area contributed by atoms with Gasteiger partial charge in [-0.1, -0.05) is 28.9 Å². The van der Waals surface area contributed by atoms with E-state index in [0.29, 0.717) is 42.3 Å². The Balaban J connectivity index is 1.53. The summed E-state index contributed by atoms with van der Waals surface area (Å²) in [4.78, 5) is 23.0. The zero-order chi connectivity index (χ0) is 17.8. The smallest absolute Gasteiger partial charge is 0.320 e. The van der Waals surface area contributed by atoms with Gasteiger partial charge in [0.25, 0.3) is 0 Å². The van der Waals surface area contributed by atoms with Crippen molar-refractivity contribution in [1.82, 2.24) is 10.5 Å². The zero-order valence-electron chi connectivity index (χ0n) is 13.4. The molecular formula is C17H18ClN3O4. The number of benzene rings is 1. The molecule has 2 amide bonds. The van der Waals surface area contributed by atoms with Crippen LogP contribution < -0.4 is 10.6 Å². The van der Waals surface area contributed by atoms with Gasteiger partial charge in [0.2, 0.25) is 0 Å². The SMILES string of the molecule is O=C(Nc1cc(-c2cccc(Cl)c2)on1)NC1CCC(C(=O)O)CC1. The highest BCUT2D eigenvalue weighted by atomic mass is 35.5. The Morgan fingerprint density at radius 3 is 2.64 bits per heavy atom. The minimum Gasteiger partial charge on any atom is -0.481 e. The minimum atomic E-state index is -0.765. The lowest BCUT2D eigenvalue weighted by molar-refractivity contribution is -0.142. The number of nitrogens with one attached hydrogen (secondary N) is 2. The predicted octanol–water partition coefficient (Wildman–Crippen LogP) is 3.76. The predicted molar refractivity (Wildman–Crippen MR) is 92.5 cm³/mol. The van der Waals surface area contributed by atoms with Crippen LogP contribution in [0, 0.1) is 5.92 Å². The van der Waals surface area contributed by atoms with Crippen LogP contribution in [0.3, 0.4) is 0 Å². The third-order valence-electron chi connectivity index (χ3n) is 4.27. The first-order valence-electron chi connectivity index (χ1n) is 8.04. The summed E-state index contributed by atoms with van der Waals surface area (Å²) in [5.41, 5.74) is 0.764. The Bertz CT molecular complexity index is 769. The van der Waals surface area contributed by atoms with Crippen LogP contribution in [0.25, 0.3) is 11.3 Å². The van der Waals surface area contributed by atoms with E-state index in [2.05, 4.69) is 15.8 Å². The van der Waals surface area contributed by atoms with Crippen LogP contribution in [0.5, 0.6) is 0 Å². The molecule has 1 aromatic carbocycles. The van der Waals surface area contributed by atoms with E-state index in [1.54, 1.807) is 24.3 Å². The average Bonchev–Trinajstić information content (AvgIpc) is 3.03. The Labute approximate surface area is 149 Å². The molecule has 25 heavy (non-hydrogen) atoms. The van der Waals surface area contributed by atoms with Crippen molar-refractivity contribution in [3.63, 3.8) is 0 Å². The Morgan fingerprint density at radius 1 is 1.20 bits per heavy atom. The molecule has 3 N–H and O–H groups in total. The van der Waals surface area contributed by atoms with Crippen molar-refractivity contribution < 1.29 is 19.2 Å². The lowest BCUT2D eigenvalue weighted by Crippen LogP contribution is -2.41. The van der Waals surface area contributed by atoms with Gasteiger partial charge in [0.1, 0.15) is 0 Å². The van der Waals surface area contributed by atoms with Crippen LogP contribution in [-0.2, 0) is 4.79 Å². The summed E-state index contributed by atoms with van der Waals surface area (Å²) in [5, 5.41) is 18.9. The van der Waals surface area contributed by atoms with Crippen molar-refractivity contribution in [2.24, 2.45) is 5.92 Å². The molecule has 0 aliphatic heterocycles. The number of amides is 2. The summed E-state index contributed by atoms with van der Waals surface area (Å²) in [5.74, 6) is -0.276. The normalized spacial score (nSPS) is 20.0. The molecule has 3 rings (SSSR count). The molecule has 7 nitrogen and oxygen atoms in total. The van der Waals surface area contributed by atoms with E-state index in [1.807, 2.05) is 6.07 Å². The van der Waals surface area contributed by atoms with Crippen molar-refractivity contribution >= 4 is 29.4 Å². The number of rotatable bonds is 4. The van der Waals surface area contributed by atoms with Crippen LogP contribution in [0.15, 0.2) is 34.9 Å². The Hall–Kier alpha value is -2.54. The molecule has 0 saturated heterocycles. The van der Waals surface area contributed by atoms with Crippen molar-refractivity contribution in [1.29, 1.82) is 0 Å². The minimum absolute atomic E-state index is 0.0325. The molecule has 8 heteroatoms. The zero-order valence-corrected chi connectivity index (χ0v) is 14.1. The van der Waals surface area contributed by atoms with Crippen molar-refractivity contribution in [3.05, 3.63) is 35.4 Å². The van der Waals surface area contributed by atoms with Crippen LogP contribution in [0.2, 0.25) is 5.02 Å². The molecule has 1 aliphatic carbocycles. The van der Waals surface area contributed by atoms with E-state index >= 15 is 0 Å². The van der Waals surface area contributed by atoms with E-state index in [-0.39, 0.29) is 18.0 Å². The molecule has 2 aromatic rings. The second-order valence-corrected chi connectivity index (χ2v) is 6.51. The molecule has 1 fully saturated rings. The molecule has 0 atom stereocenters. The van der Waals surface area contributed by atoms with Crippen LogP contribution >= 0.6 is 11.6 Å². The molecular weight excluding hydrogens is 346 g/mol. The maximum absolute atomic E-state index is 12.1. The largest absolute Gasteiger partial charge is 0.481 e. The third-order valence-corrected chi connectivity index (χ3v) is 4.51. The van der Waals surface area contributed by atoms with Crippen molar-refractivity contribution in [2.45, 2.75) is 31.7 Å². The highest BCUT2D eigenvalue weighted by molar-refractivity contribution is 6.30. The summed E-state index contributed by atoms with van der Waals surface area (Å²) in [6.45, 7) is 0. The molecule has 132 valence electrons. The van der Waals surface area contributed by atoms with Gasteiger partial charge in [0.15, 0.2) is 11.6 Å². The number of carboxylic acids is 1. The van der Waals surface area contributed by atoms with E-state index in [4.69, 9.17) is 21.2 Å². The third kappa shape index (κ3) is 4.51. The number of urea groups is 1. The number of hydrogen-bond acceptors (Lipinski definition) is 4. The van der Waals surface area contributed by atoms with E-state index in [9.17, 15) is 9.59 Å². The first-order valence-corrected chi connectivity index (χ1v) is 8.42. The first-order chi connectivity index (χ1) is 12.0. The molecule has 1 aromatic heterocycles. The number of carbonyl (C=O) groups is 2. The summed E-state index contributed by atoms with van der Waals surface area (Å²) < 4.78 is 5.22. The van der Waals surface area contributed by atoms with Gasteiger partial charge in [0.05, 0.1) is 5.92 Å². The van der Waals surface area contributed by atoms with Crippen LogP contribution in [0.1, 0.15) is 25.7 Å². The fourth-order valence-electron chi connectivity index (χ4n) is 2.93. The fourth-order valence-corrected chi connectivity index (χ4v) is 3.12. The maximum Gasteiger partial charge on any atom is 0.320 e. The van der Waals surface area contributed by atoms with Crippen LogP contribution in [0.4, 0.5) is 10.6 Å². The van der Waals surface area contributed by atoms with Gasteiger partial charge < -0.3 is 14.9 Å². The van der Waals surface area contributed by atoms with E-state index in [0.717, 1.165) is 5.56 Å². The molecule has 1 aliphatic rings. The molecule has 0 unspecified atom stereocenters. The second-order valence-electron chi connectivity index (χ2n) is 6.07. The van der Waals surface area contributed by atoms with Gasteiger partial charge >= 0.3 is 12.0 Å². The lowest BCUT2D eigenvalue weighted by Gasteiger charge is -2.26. The summed E-state index contributed by atoms with van der Waals surface area (Å²) in [7, 11) is 0. The number of hydrogen-bond donors (Lipinski definition) is 3. The molecule has 1 saturated carbocycles. The highest BCUT2D eigenvalue weighted by Gasteiger charge is 2.26. The second kappa shape index (κ2) is 7.57. The van der Waals surface area contributed by atoms with Crippen molar-refractivity contribution in [2.75, 3.05) is 5.32 Å². The quantitative estimate of drug-likeness (QED) is 0.767. The summed E-state index contributed by atoms with van der Waals surface area (Å²) in [6, 6.07) is 8.33. The van der Waals surface area contributed by atoms with Gasteiger partial charge in [-0.25, -0.2) is 4.79 Å². The van der Waals surface area contributed by atoms with Crippen molar-refractivity contribution in [3.8, 4) is 11.3 Å². The maximum atomic E-state index is 12.1. The van der Waals surface area contributed by atoms with Gasteiger partial charge in [0, 0.05) is 22.7 Å².